The molecule has 3 aliphatic rings. The van der Waals surface area contributed by atoms with Gasteiger partial charge in [0.05, 0.1) is 19.6 Å². The van der Waals surface area contributed by atoms with Gasteiger partial charge in [-0.25, -0.2) is 0 Å². The van der Waals surface area contributed by atoms with Crippen molar-refractivity contribution in [3.8, 4) is 0 Å². The fourth-order valence-corrected chi connectivity index (χ4v) is 3.40. The van der Waals surface area contributed by atoms with E-state index in [0.29, 0.717) is 24.4 Å². The van der Waals surface area contributed by atoms with E-state index in [1.807, 2.05) is 0 Å². The molecule has 0 aromatic carbocycles. The number of rotatable bonds is 6. The summed E-state index contributed by atoms with van der Waals surface area (Å²) < 4.78 is 0. The van der Waals surface area contributed by atoms with Gasteiger partial charge in [-0.05, 0) is 12.3 Å². The molecule has 106 valence electrons. The number of hydrogen-bond donors (Lipinski definition) is 2. The van der Waals surface area contributed by atoms with E-state index in [-0.39, 0.29) is 18.7 Å². The first-order valence-electron chi connectivity index (χ1n) is 7.03. The molecule has 2 bridgehead atoms. The molecule has 5 nitrogen and oxygen atoms in total. The van der Waals surface area contributed by atoms with Gasteiger partial charge in [-0.1, -0.05) is 6.08 Å². The lowest BCUT2D eigenvalue weighted by molar-refractivity contribution is -0.944. The zero-order chi connectivity index (χ0) is 13.8. The minimum atomic E-state index is -1.17. The maximum atomic E-state index is 11.5. The number of nitrogens with one attached hydrogen (secondary N) is 2. The van der Waals surface area contributed by atoms with Gasteiger partial charge in [-0.3, -0.25) is 4.79 Å². The summed E-state index contributed by atoms with van der Waals surface area (Å²) in [7, 11) is 0. The maximum Gasteiger partial charge on any atom is 0.220 e. The fourth-order valence-electron chi connectivity index (χ4n) is 3.40. The van der Waals surface area contributed by atoms with Gasteiger partial charge in [0.2, 0.25) is 5.91 Å². The van der Waals surface area contributed by atoms with E-state index in [1.54, 1.807) is 4.90 Å². The monoisotopic (exact) mass is 266 g/mol. The second-order valence-electron chi connectivity index (χ2n) is 5.67. The Morgan fingerprint density at radius 2 is 2.21 bits per heavy atom. The van der Waals surface area contributed by atoms with E-state index in [0.717, 1.165) is 13.0 Å². The van der Waals surface area contributed by atoms with Crippen LogP contribution in [0.5, 0.6) is 0 Å². The largest absolute Gasteiger partial charge is 0.550 e. The predicted molar refractivity (Wildman–Crippen MR) is 68.1 cm³/mol. The van der Waals surface area contributed by atoms with Gasteiger partial charge >= 0.3 is 0 Å². The number of carbonyl (C=O) groups is 2. The second kappa shape index (κ2) is 6.19. The number of amides is 1. The van der Waals surface area contributed by atoms with E-state index in [4.69, 9.17) is 0 Å². The first kappa shape index (κ1) is 14.1. The van der Waals surface area contributed by atoms with Gasteiger partial charge < -0.3 is 20.1 Å². The number of hydrogen-bond acceptors (Lipinski definition) is 3. The topological polar surface area (TPSA) is 73.7 Å². The number of quaternary nitrogens is 1. The van der Waals surface area contributed by atoms with Crippen LogP contribution in [-0.2, 0) is 9.59 Å². The van der Waals surface area contributed by atoms with Crippen molar-refractivity contribution in [2.75, 3.05) is 19.6 Å². The second-order valence-corrected chi connectivity index (χ2v) is 5.67. The molecule has 0 saturated carbocycles. The first-order valence-corrected chi connectivity index (χ1v) is 7.03. The lowest BCUT2D eigenvalue weighted by Crippen LogP contribution is -3.20. The van der Waals surface area contributed by atoms with Crippen molar-refractivity contribution in [2.24, 2.45) is 11.8 Å². The van der Waals surface area contributed by atoms with E-state index in [9.17, 15) is 14.7 Å². The smallest absolute Gasteiger partial charge is 0.220 e. The molecular weight excluding hydrogens is 244 g/mol. The SMILES string of the molecule is C=C[C@H]1C[NH+]2CC[C@H]1C[C@@H]2CNC(=O)CCC(=O)[O-]. The summed E-state index contributed by atoms with van der Waals surface area (Å²) in [5.41, 5.74) is 0. The molecule has 0 aromatic rings. The minimum absolute atomic E-state index is 0.0170. The molecule has 0 radical (unpaired) electrons. The molecular formula is C14H22N2O3. The van der Waals surface area contributed by atoms with Crippen molar-refractivity contribution >= 4 is 11.9 Å². The lowest BCUT2D eigenvalue weighted by Gasteiger charge is -2.46. The van der Waals surface area contributed by atoms with Crippen molar-refractivity contribution in [3.63, 3.8) is 0 Å². The molecule has 3 saturated heterocycles. The van der Waals surface area contributed by atoms with E-state index < -0.39 is 5.97 Å². The van der Waals surface area contributed by atoms with Crippen molar-refractivity contribution in [2.45, 2.75) is 31.7 Å². The summed E-state index contributed by atoms with van der Waals surface area (Å²) in [5, 5.41) is 13.1. The molecule has 1 unspecified atom stereocenters. The zero-order valence-corrected chi connectivity index (χ0v) is 11.2. The highest BCUT2D eigenvalue weighted by Gasteiger charge is 2.42. The highest BCUT2D eigenvalue weighted by atomic mass is 16.4. The predicted octanol–water partition coefficient (Wildman–Crippen LogP) is -1.89. The molecule has 0 aromatic heterocycles. The van der Waals surface area contributed by atoms with Crippen LogP contribution in [0.2, 0.25) is 0 Å². The normalized spacial score (nSPS) is 32.8. The highest BCUT2D eigenvalue weighted by Crippen LogP contribution is 2.27. The molecule has 19 heavy (non-hydrogen) atoms. The Morgan fingerprint density at radius 1 is 1.42 bits per heavy atom. The van der Waals surface area contributed by atoms with Crippen molar-refractivity contribution in [3.05, 3.63) is 12.7 Å². The van der Waals surface area contributed by atoms with Crippen LogP contribution >= 0.6 is 0 Å². The molecule has 3 aliphatic heterocycles. The summed E-state index contributed by atoms with van der Waals surface area (Å²) in [6.45, 7) is 6.85. The summed E-state index contributed by atoms with van der Waals surface area (Å²) in [4.78, 5) is 23.3. The number of aliphatic carboxylic acids is 1. The Kier molecular flexibility index (Phi) is 4.58. The number of fused-ring (bicyclic) bond motifs is 3. The van der Waals surface area contributed by atoms with Gasteiger partial charge in [0, 0.05) is 31.1 Å². The zero-order valence-electron chi connectivity index (χ0n) is 11.2. The Labute approximate surface area is 113 Å². The van der Waals surface area contributed by atoms with Crippen LogP contribution in [0.1, 0.15) is 25.7 Å². The molecule has 2 N–H and O–H groups in total. The van der Waals surface area contributed by atoms with Crippen molar-refractivity contribution in [1.29, 1.82) is 0 Å². The molecule has 3 heterocycles. The molecule has 0 spiro atoms. The third-order valence-corrected chi connectivity index (χ3v) is 4.51. The van der Waals surface area contributed by atoms with Crippen molar-refractivity contribution < 1.29 is 19.6 Å². The summed E-state index contributed by atoms with van der Waals surface area (Å²) >= 11 is 0. The average molecular weight is 266 g/mol. The summed E-state index contributed by atoms with van der Waals surface area (Å²) in [6.07, 6.45) is 4.27. The molecule has 0 aliphatic carbocycles. The Bertz CT molecular complexity index is 370. The Morgan fingerprint density at radius 3 is 2.79 bits per heavy atom. The molecule has 3 rings (SSSR count). The quantitative estimate of drug-likeness (QED) is 0.552. The van der Waals surface area contributed by atoms with Gasteiger partial charge in [0.25, 0.3) is 0 Å². The molecule has 3 fully saturated rings. The Balaban J connectivity index is 1.74. The number of carboxylic acid groups (broad SMARTS) is 1. The average Bonchev–Trinajstić information content (AvgIpc) is 2.43. The van der Waals surface area contributed by atoms with Crippen LogP contribution in [0.15, 0.2) is 12.7 Å². The van der Waals surface area contributed by atoms with Crippen LogP contribution < -0.4 is 15.3 Å². The van der Waals surface area contributed by atoms with Crippen LogP contribution in [0.3, 0.4) is 0 Å². The number of piperidine rings is 3. The standard InChI is InChI=1S/C14H22N2O3/c1-2-10-9-16-6-5-11(10)7-12(16)8-15-13(17)3-4-14(18)19/h2,10-12H,1,3-9H2,(H,15,17)(H,18,19)/t10-,11-,12+/m0/s1. The molecule has 4 atom stereocenters. The van der Waals surface area contributed by atoms with Crippen LogP contribution in [0.25, 0.3) is 0 Å². The van der Waals surface area contributed by atoms with E-state index in [1.165, 1.54) is 13.0 Å². The lowest BCUT2D eigenvalue weighted by atomic mass is 9.75. The third kappa shape index (κ3) is 3.56. The Hall–Kier alpha value is -1.36. The maximum absolute atomic E-state index is 11.5. The molecule has 1 amide bonds. The first-order chi connectivity index (χ1) is 9.10. The van der Waals surface area contributed by atoms with Crippen LogP contribution in [-0.4, -0.2) is 37.6 Å². The minimum Gasteiger partial charge on any atom is -0.550 e. The fraction of sp³-hybridized carbons (Fsp3) is 0.714. The van der Waals surface area contributed by atoms with Crippen LogP contribution in [0.4, 0.5) is 0 Å². The summed E-state index contributed by atoms with van der Waals surface area (Å²) in [5.74, 6) is -0.0319. The van der Waals surface area contributed by atoms with Crippen LogP contribution in [0, 0.1) is 11.8 Å². The number of carboxylic acids is 1. The van der Waals surface area contributed by atoms with Gasteiger partial charge in [-0.2, -0.15) is 0 Å². The van der Waals surface area contributed by atoms with Crippen molar-refractivity contribution in [1.82, 2.24) is 5.32 Å². The van der Waals surface area contributed by atoms with Gasteiger partial charge in [-0.15, -0.1) is 6.58 Å². The van der Waals surface area contributed by atoms with Gasteiger partial charge in [0.15, 0.2) is 0 Å². The molecule has 5 heteroatoms. The third-order valence-electron chi connectivity index (χ3n) is 4.51. The van der Waals surface area contributed by atoms with Gasteiger partial charge in [0.1, 0.15) is 6.04 Å². The highest BCUT2D eigenvalue weighted by molar-refractivity contribution is 5.79. The number of carbonyl (C=O) groups excluding carboxylic acids is 2. The summed E-state index contributed by atoms with van der Waals surface area (Å²) in [6, 6.07) is 0.474. The van der Waals surface area contributed by atoms with E-state index >= 15 is 0 Å². The van der Waals surface area contributed by atoms with E-state index in [2.05, 4.69) is 18.0 Å².